The lowest BCUT2D eigenvalue weighted by atomic mass is 10.1. The number of aliphatic hydroxyl groups is 1. The van der Waals surface area contributed by atoms with E-state index < -0.39 is 24.2 Å². The number of hydrogen-bond donors (Lipinski definition) is 3. The molecule has 0 bridgehead atoms. The standard InChI is InChI=1S/C15H16F3N3O3S/c1-3-21-12(23)9-5-4-8(6-10(9)20-13(21)25)11(22)19-7-14(2,24)15(16,17)18/h4-6,24H,3,7H2,1-2H3,(H,19,22)(H,20,25)/t14-/m1/s1. The van der Waals surface area contributed by atoms with Crippen molar-refractivity contribution in [1.29, 1.82) is 0 Å². The Morgan fingerprint density at radius 3 is 2.60 bits per heavy atom. The van der Waals surface area contributed by atoms with Crippen molar-refractivity contribution in [2.75, 3.05) is 6.54 Å². The molecule has 1 aromatic carbocycles. The molecule has 1 aromatic heterocycles. The Bertz CT molecular complexity index is 931. The van der Waals surface area contributed by atoms with E-state index in [-0.39, 0.29) is 15.9 Å². The average molecular weight is 375 g/mol. The lowest BCUT2D eigenvalue weighted by Crippen LogP contribution is -2.51. The van der Waals surface area contributed by atoms with Crippen LogP contribution in [0.15, 0.2) is 23.0 Å². The van der Waals surface area contributed by atoms with Gasteiger partial charge in [-0.05, 0) is 44.3 Å². The molecule has 2 aromatic rings. The highest BCUT2D eigenvalue weighted by atomic mass is 32.1. The first-order chi connectivity index (χ1) is 11.5. The molecule has 0 fully saturated rings. The van der Waals surface area contributed by atoms with Gasteiger partial charge >= 0.3 is 6.18 Å². The predicted octanol–water partition coefficient (Wildman–Crippen LogP) is 2.12. The summed E-state index contributed by atoms with van der Waals surface area (Å²) < 4.78 is 39.3. The van der Waals surface area contributed by atoms with Gasteiger partial charge in [0.25, 0.3) is 11.5 Å². The zero-order chi connectivity index (χ0) is 19.0. The van der Waals surface area contributed by atoms with Gasteiger partial charge in [0, 0.05) is 12.1 Å². The van der Waals surface area contributed by atoms with E-state index in [1.54, 1.807) is 6.92 Å². The molecule has 1 amide bonds. The molecule has 6 nitrogen and oxygen atoms in total. The first kappa shape index (κ1) is 19.1. The van der Waals surface area contributed by atoms with Gasteiger partial charge in [-0.25, -0.2) is 0 Å². The Morgan fingerprint density at radius 2 is 2.04 bits per heavy atom. The molecule has 25 heavy (non-hydrogen) atoms. The number of carbonyl (C=O) groups excluding carboxylic acids is 1. The van der Waals surface area contributed by atoms with Gasteiger partial charge in [0.2, 0.25) is 0 Å². The third-order valence-electron chi connectivity index (χ3n) is 3.76. The van der Waals surface area contributed by atoms with Crippen LogP contribution in [0.25, 0.3) is 10.9 Å². The summed E-state index contributed by atoms with van der Waals surface area (Å²) in [6, 6.07) is 4.04. The Balaban J connectivity index is 2.32. The summed E-state index contributed by atoms with van der Waals surface area (Å²) >= 11 is 5.06. The number of hydrogen-bond acceptors (Lipinski definition) is 4. The van der Waals surface area contributed by atoms with Crippen LogP contribution in [0.1, 0.15) is 24.2 Å². The molecule has 1 atom stereocenters. The topological polar surface area (TPSA) is 87.1 Å². The van der Waals surface area contributed by atoms with Gasteiger partial charge in [-0.2, -0.15) is 13.2 Å². The fraction of sp³-hybridized carbons (Fsp3) is 0.400. The summed E-state index contributed by atoms with van der Waals surface area (Å²) in [5.74, 6) is -0.814. The van der Waals surface area contributed by atoms with E-state index in [1.165, 1.54) is 22.8 Å². The Morgan fingerprint density at radius 1 is 1.40 bits per heavy atom. The lowest BCUT2D eigenvalue weighted by Gasteiger charge is -2.26. The Labute approximate surface area is 145 Å². The molecular weight excluding hydrogens is 359 g/mol. The number of rotatable bonds is 4. The van der Waals surface area contributed by atoms with E-state index >= 15 is 0 Å². The van der Waals surface area contributed by atoms with Crippen molar-refractivity contribution in [3.63, 3.8) is 0 Å². The van der Waals surface area contributed by atoms with E-state index in [2.05, 4.69) is 4.98 Å². The number of alkyl halides is 3. The molecule has 0 spiro atoms. The van der Waals surface area contributed by atoms with Crippen molar-refractivity contribution in [2.45, 2.75) is 32.2 Å². The maximum atomic E-state index is 12.6. The molecule has 0 saturated heterocycles. The number of benzene rings is 1. The van der Waals surface area contributed by atoms with Crippen molar-refractivity contribution < 1.29 is 23.1 Å². The normalized spacial score (nSPS) is 14.3. The Hall–Kier alpha value is -2.20. The SMILES string of the molecule is CCn1c(=S)[nH]c2cc(C(=O)NC[C@@](C)(O)C(F)(F)F)ccc2c1=O. The lowest BCUT2D eigenvalue weighted by molar-refractivity contribution is -0.249. The number of carbonyl (C=O) groups is 1. The number of halogens is 3. The van der Waals surface area contributed by atoms with Gasteiger partial charge in [-0.3, -0.25) is 14.2 Å². The number of nitrogens with one attached hydrogen (secondary N) is 2. The van der Waals surface area contributed by atoms with Gasteiger partial charge in [0.1, 0.15) is 0 Å². The van der Waals surface area contributed by atoms with Gasteiger partial charge in [-0.15, -0.1) is 0 Å². The van der Waals surface area contributed by atoms with Crippen molar-refractivity contribution in [3.8, 4) is 0 Å². The maximum absolute atomic E-state index is 12.6. The number of aromatic amines is 1. The summed E-state index contributed by atoms with van der Waals surface area (Å²) in [6.45, 7) is 1.70. The minimum Gasteiger partial charge on any atom is -0.379 e. The van der Waals surface area contributed by atoms with Crippen molar-refractivity contribution in [2.24, 2.45) is 0 Å². The molecule has 1 heterocycles. The summed E-state index contributed by atoms with van der Waals surface area (Å²) in [5.41, 5.74) is -3.04. The van der Waals surface area contributed by atoms with E-state index in [0.29, 0.717) is 24.4 Å². The van der Waals surface area contributed by atoms with Gasteiger partial charge in [0.15, 0.2) is 10.4 Å². The van der Waals surface area contributed by atoms with E-state index in [1.807, 2.05) is 5.32 Å². The second-order valence-electron chi connectivity index (χ2n) is 5.69. The largest absolute Gasteiger partial charge is 0.418 e. The van der Waals surface area contributed by atoms with Crippen molar-refractivity contribution in [3.05, 3.63) is 38.9 Å². The zero-order valence-electron chi connectivity index (χ0n) is 13.4. The third-order valence-corrected chi connectivity index (χ3v) is 4.09. The van der Waals surface area contributed by atoms with E-state index in [4.69, 9.17) is 12.2 Å². The average Bonchev–Trinajstić information content (AvgIpc) is 2.51. The monoisotopic (exact) mass is 375 g/mol. The highest BCUT2D eigenvalue weighted by Gasteiger charge is 2.49. The smallest absolute Gasteiger partial charge is 0.379 e. The van der Waals surface area contributed by atoms with Crippen molar-refractivity contribution >= 4 is 29.0 Å². The van der Waals surface area contributed by atoms with Crippen LogP contribution in [-0.2, 0) is 6.54 Å². The fourth-order valence-electron chi connectivity index (χ4n) is 2.14. The Kier molecular flexibility index (Phi) is 5.05. The molecule has 0 aliphatic carbocycles. The maximum Gasteiger partial charge on any atom is 0.418 e. The number of fused-ring (bicyclic) bond motifs is 1. The molecule has 0 saturated carbocycles. The van der Waals surface area contributed by atoms with Crippen LogP contribution in [0, 0.1) is 4.77 Å². The quantitative estimate of drug-likeness (QED) is 0.715. The minimum absolute atomic E-state index is 0.0322. The van der Waals surface area contributed by atoms with E-state index in [0.717, 1.165) is 0 Å². The zero-order valence-corrected chi connectivity index (χ0v) is 14.2. The molecule has 0 unspecified atom stereocenters. The number of amides is 1. The van der Waals surface area contributed by atoms with E-state index in [9.17, 15) is 27.9 Å². The van der Waals surface area contributed by atoms with Gasteiger partial charge in [0.05, 0.1) is 17.4 Å². The molecule has 3 N–H and O–H groups in total. The highest BCUT2D eigenvalue weighted by Crippen LogP contribution is 2.29. The van der Waals surface area contributed by atoms with Crippen LogP contribution < -0.4 is 10.9 Å². The summed E-state index contributed by atoms with van der Waals surface area (Å²) in [7, 11) is 0. The summed E-state index contributed by atoms with van der Waals surface area (Å²) in [6.07, 6.45) is -4.88. The fourth-order valence-corrected chi connectivity index (χ4v) is 2.46. The van der Waals surface area contributed by atoms with Crippen LogP contribution in [0.3, 0.4) is 0 Å². The third kappa shape index (κ3) is 3.74. The summed E-state index contributed by atoms with van der Waals surface area (Å²) in [5, 5.41) is 11.7. The second-order valence-corrected chi connectivity index (χ2v) is 6.08. The molecular formula is C15H16F3N3O3S. The van der Waals surface area contributed by atoms with Crippen molar-refractivity contribution in [1.82, 2.24) is 14.9 Å². The number of H-pyrrole nitrogens is 1. The van der Waals surface area contributed by atoms with Crippen LogP contribution in [-0.4, -0.2) is 38.9 Å². The highest BCUT2D eigenvalue weighted by molar-refractivity contribution is 7.71. The molecule has 0 radical (unpaired) electrons. The molecule has 0 aliphatic heterocycles. The molecule has 2 rings (SSSR count). The molecule has 10 heteroatoms. The molecule has 136 valence electrons. The first-order valence-corrected chi connectivity index (χ1v) is 7.73. The van der Waals surface area contributed by atoms with Crippen LogP contribution >= 0.6 is 12.2 Å². The van der Waals surface area contributed by atoms with Crippen LogP contribution in [0.2, 0.25) is 0 Å². The van der Waals surface area contributed by atoms with Gasteiger partial charge in [-0.1, -0.05) is 0 Å². The number of nitrogens with zero attached hydrogens (tertiary/aromatic N) is 1. The number of aromatic nitrogens is 2. The molecule has 0 aliphatic rings. The van der Waals surface area contributed by atoms with Crippen LogP contribution in [0.5, 0.6) is 0 Å². The first-order valence-electron chi connectivity index (χ1n) is 7.32. The minimum atomic E-state index is -4.88. The second kappa shape index (κ2) is 6.60. The predicted molar refractivity (Wildman–Crippen MR) is 88.1 cm³/mol. The van der Waals surface area contributed by atoms with Gasteiger partial charge < -0.3 is 15.4 Å². The van der Waals surface area contributed by atoms with Crippen LogP contribution in [0.4, 0.5) is 13.2 Å². The summed E-state index contributed by atoms with van der Waals surface area (Å²) in [4.78, 5) is 27.1.